The standard InChI is InChI=1S/C9H14N4O2/c1-7-11-8(12-15-7)6-9(14)13-4-2-10-3-5-13/h10H,2-6H2,1H3. The third-order valence-electron chi connectivity index (χ3n) is 2.35. The quantitative estimate of drug-likeness (QED) is 0.702. The second-order valence-electron chi connectivity index (χ2n) is 3.54. The summed E-state index contributed by atoms with van der Waals surface area (Å²) in [5.41, 5.74) is 0. The van der Waals surface area contributed by atoms with Crippen LogP contribution in [0.4, 0.5) is 0 Å². The van der Waals surface area contributed by atoms with Gasteiger partial charge in [-0.25, -0.2) is 0 Å². The maximum Gasteiger partial charge on any atom is 0.230 e. The normalized spacial score (nSPS) is 16.7. The molecule has 2 rings (SSSR count). The van der Waals surface area contributed by atoms with Crippen molar-refractivity contribution >= 4 is 5.91 Å². The molecular weight excluding hydrogens is 196 g/mol. The fourth-order valence-corrected chi connectivity index (χ4v) is 1.57. The van der Waals surface area contributed by atoms with Gasteiger partial charge in [0.15, 0.2) is 5.82 Å². The van der Waals surface area contributed by atoms with Gasteiger partial charge in [-0.15, -0.1) is 0 Å². The molecule has 1 aliphatic rings. The topological polar surface area (TPSA) is 71.3 Å². The highest BCUT2D eigenvalue weighted by molar-refractivity contribution is 5.78. The Kier molecular flexibility index (Phi) is 2.96. The highest BCUT2D eigenvalue weighted by Crippen LogP contribution is 2.01. The molecule has 2 heterocycles. The summed E-state index contributed by atoms with van der Waals surface area (Å²) in [7, 11) is 0. The van der Waals surface area contributed by atoms with Gasteiger partial charge < -0.3 is 14.7 Å². The Labute approximate surface area is 87.6 Å². The summed E-state index contributed by atoms with van der Waals surface area (Å²) in [6, 6.07) is 0. The molecule has 6 nitrogen and oxygen atoms in total. The van der Waals surface area contributed by atoms with Crippen LogP contribution in [-0.4, -0.2) is 47.1 Å². The van der Waals surface area contributed by atoms with Gasteiger partial charge in [-0.1, -0.05) is 5.16 Å². The highest BCUT2D eigenvalue weighted by atomic mass is 16.5. The third kappa shape index (κ3) is 2.53. The zero-order valence-corrected chi connectivity index (χ0v) is 8.69. The number of carbonyl (C=O) groups is 1. The van der Waals surface area contributed by atoms with Crippen molar-refractivity contribution in [3.8, 4) is 0 Å². The predicted molar refractivity (Wildman–Crippen MR) is 52.2 cm³/mol. The average Bonchev–Trinajstić information content (AvgIpc) is 2.65. The van der Waals surface area contributed by atoms with E-state index in [2.05, 4.69) is 15.5 Å². The van der Waals surface area contributed by atoms with E-state index in [4.69, 9.17) is 4.52 Å². The van der Waals surface area contributed by atoms with Crippen molar-refractivity contribution in [2.45, 2.75) is 13.3 Å². The average molecular weight is 210 g/mol. The Morgan fingerprint density at radius 1 is 1.53 bits per heavy atom. The molecule has 0 aliphatic carbocycles. The van der Waals surface area contributed by atoms with Crippen molar-refractivity contribution in [1.82, 2.24) is 20.4 Å². The number of rotatable bonds is 2. The first-order valence-electron chi connectivity index (χ1n) is 5.03. The Morgan fingerprint density at radius 3 is 2.87 bits per heavy atom. The van der Waals surface area contributed by atoms with Gasteiger partial charge in [0.1, 0.15) is 0 Å². The first-order chi connectivity index (χ1) is 7.25. The fourth-order valence-electron chi connectivity index (χ4n) is 1.57. The molecule has 15 heavy (non-hydrogen) atoms. The molecule has 0 spiro atoms. The first-order valence-corrected chi connectivity index (χ1v) is 5.03. The van der Waals surface area contributed by atoms with Gasteiger partial charge in [-0.05, 0) is 0 Å². The molecule has 1 amide bonds. The van der Waals surface area contributed by atoms with Crippen LogP contribution < -0.4 is 5.32 Å². The lowest BCUT2D eigenvalue weighted by molar-refractivity contribution is -0.131. The molecule has 1 saturated heterocycles. The van der Waals surface area contributed by atoms with E-state index in [-0.39, 0.29) is 12.3 Å². The number of amides is 1. The van der Waals surface area contributed by atoms with E-state index in [1.807, 2.05) is 4.90 Å². The number of nitrogens with one attached hydrogen (secondary N) is 1. The zero-order valence-electron chi connectivity index (χ0n) is 8.69. The predicted octanol–water partition coefficient (Wildman–Crippen LogP) is -0.648. The number of hydrogen-bond acceptors (Lipinski definition) is 5. The van der Waals surface area contributed by atoms with Gasteiger partial charge in [0.25, 0.3) is 0 Å². The van der Waals surface area contributed by atoms with Crippen LogP contribution >= 0.6 is 0 Å². The monoisotopic (exact) mass is 210 g/mol. The minimum Gasteiger partial charge on any atom is -0.340 e. The minimum absolute atomic E-state index is 0.0669. The molecule has 0 unspecified atom stereocenters. The second-order valence-corrected chi connectivity index (χ2v) is 3.54. The molecule has 1 aliphatic heterocycles. The van der Waals surface area contributed by atoms with Crippen LogP contribution in [0.3, 0.4) is 0 Å². The molecule has 0 aromatic carbocycles. The smallest absolute Gasteiger partial charge is 0.230 e. The molecule has 1 aromatic rings. The van der Waals surface area contributed by atoms with Gasteiger partial charge in [0.05, 0.1) is 6.42 Å². The van der Waals surface area contributed by atoms with Crippen molar-refractivity contribution in [3.63, 3.8) is 0 Å². The number of aromatic nitrogens is 2. The zero-order chi connectivity index (χ0) is 10.7. The molecule has 0 saturated carbocycles. The number of aryl methyl sites for hydroxylation is 1. The summed E-state index contributed by atoms with van der Waals surface area (Å²) < 4.78 is 4.81. The SMILES string of the molecule is Cc1nc(CC(=O)N2CCNCC2)no1. The summed E-state index contributed by atoms with van der Waals surface area (Å²) in [5, 5.41) is 6.90. The van der Waals surface area contributed by atoms with Crippen LogP contribution in [0, 0.1) is 6.92 Å². The Hall–Kier alpha value is -1.43. The van der Waals surface area contributed by atoms with E-state index in [9.17, 15) is 4.79 Å². The van der Waals surface area contributed by atoms with Crippen LogP contribution in [0.5, 0.6) is 0 Å². The fraction of sp³-hybridized carbons (Fsp3) is 0.667. The number of carbonyl (C=O) groups excluding carboxylic acids is 1. The summed E-state index contributed by atoms with van der Waals surface area (Å²) in [6.07, 6.45) is 0.233. The number of nitrogens with zero attached hydrogens (tertiary/aromatic N) is 3. The van der Waals surface area contributed by atoms with E-state index in [1.54, 1.807) is 6.92 Å². The maximum atomic E-state index is 11.8. The molecule has 1 N–H and O–H groups in total. The first kappa shape index (κ1) is 10.1. The van der Waals surface area contributed by atoms with Crippen molar-refractivity contribution in [1.29, 1.82) is 0 Å². The van der Waals surface area contributed by atoms with E-state index in [0.717, 1.165) is 26.2 Å². The van der Waals surface area contributed by atoms with Crippen molar-refractivity contribution in [3.05, 3.63) is 11.7 Å². The molecule has 6 heteroatoms. The van der Waals surface area contributed by atoms with Gasteiger partial charge in [0.2, 0.25) is 11.8 Å². The van der Waals surface area contributed by atoms with Crippen molar-refractivity contribution in [2.75, 3.05) is 26.2 Å². The van der Waals surface area contributed by atoms with E-state index < -0.39 is 0 Å². The maximum absolute atomic E-state index is 11.8. The summed E-state index contributed by atoms with van der Waals surface area (Å²) in [4.78, 5) is 17.6. The lowest BCUT2D eigenvalue weighted by Crippen LogP contribution is -2.47. The van der Waals surface area contributed by atoms with Crippen LogP contribution in [0.1, 0.15) is 11.7 Å². The Balaban J connectivity index is 1.91. The van der Waals surface area contributed by atoms with Crippen molar-refractivity contribution < 1.29 is 9.32 Å². The van der Waals surface area contributed by atoms with Crippen LogP contribution in [0.25, 0.3) is 0 Å². The highest BCUT2D eigenvalue weighted by Gasteiger charge is 2.18. The largest absolute Gasteiger partial charge is 0.340 e. The number of piperazine rings is 1. The van der Waals surface area contributed by atoms with Gasteiger partial charge >= 0.3 is 0 Å². The lowest BCUT2D eigenvalue weighted by Gasteiger charge is -2.26. The Morgan fingerprint density at radius 2 is 2.27 bits per heavy atom. The third-order valence-corrected chi connectivity index (χ3v) is 2.35. The molecule has 1 fully saturated rings. The van der Waals surface area contributed by atoms with Crippen LogP contribution in [-0.2, 0) is 11.2 Å². The molecule has 0 radical (unpaired) electrons. The van der Waals surface area contributed by atoms with Gasteiger partial charge in [0, 0.05) is 33.1 Å². The van der Waals surface area contributed by atoms with Gasteiger partial charge in [-0.2, -0.15) is 4.98 Å². The summed E-state index contributed by atoms with van der Waals surface area (Å²) in [6.45, 7) is 4.95. The summed E-state index contributed by atoms with van der Waals surface area (Å²) >= 11 is 0. The van der Waals surface area contributed by atoms with Crippen molar-refractivity contribution in [2.24, 2.45) is 0 Å². The molecular formula is C9H14N4O2. The van der Waals surface area contributed by atoms with Gasteiger partial charge in [-0.3, -0.25) is 4.79 Å². The van der Waals surface area contributed by atoms with E-state index in [0.29, 0.717) is 11.7 Å². The second kappa shape index (κ2) is 4.39. The number of hydrogen-bond donors (Lipinski definition) is 1. The summed E-state index contributed by atoms with van der Waals surface area (Å²) in [5.74, 6) is 1.03. The molecule has 1 aromatic heterocycles. The van der Waals surface area contributed by atoms with Crippen LogP contribution in [0.15, 0.2) is 4.52 Å². The van der Waals surface area contributed by atoms with E-state index in [1.165, 1.54) is 0 Å². The molecule has 82 valence electrons. The molecule has 0 bridgehead atoms. The van der Waals surface area contributed by atoms with Crippen LogP contribution in [0.2, 0.25) is 0 Å². The minimum atomic E-state index is 0.0669. The molecule has 0 atom stereocenters. The van der Waals surface area contributed by atoms with E-state index >= 15 is 0 Å². The lowest BCUT2D eigenvalue weighted by atomic mass is 10.3. The Bertz CT molecular complexity index is 344.